The number of likely N-dealkylation sites (N-methyl/N-ethyl adjacent to an activating group) is 2. The second-order valence-corrected chi connectivity index (χ2v) is 20.6. The van der Waals surface area contributed by atoms with Crippen molar-refractivity contribution in [3.63, 3.8) is 0 Å². The number of carbonyl (C=O) groups excluding carboxylic acids is 2. The molecule has 2 rings (SSSR count). The molecule has 12 atom stereocenters. The van der Waals surface area contributed by atoms with Crippen molar-refractivity contribution in [2.24, 2.45) is 0 Å². The van der Waals surface area contributed by atoms with E-state index in [0.29, 0.717) is 32.2 Å². The van der Waals surface area contributed by atoms with E-state index in [-0.39, 0.29) is 36.7 Å². The summed E-state index contributed by atoms with van der Waals surface area (Å²) in [5, 5.41) is 84.5. The Kier molecular flexibility index (Phi) is 28.5. The normalized spacial score (nSPS) is 17.6. The molecule has 0 aliphatic rings. The molecule has 0 spiro atoms. The first-order chi connectivity index (χ1) is 30.5. The topological polar surface area (TPSA) is 320 Å². The predicted molar refractivity (Wildman–Crippen MR) is 251 cm³/mol. The molecule has 374 valence electrons. The highest BCUT2D eigenvalue weighted by Gasteiger charge is 2.32. The molecule has 65 heavy (non-hydrogen) atoms. The van der Waals surface area contributed by atoms with Crippen molar-refractivity contribution in [1.82, 2.24) is 42.5 Å². The van der Waals surface area contributed by atoms with Gasteiger partial charge in [0.25, 0.3) is 11.8 Å². The Hall–Kier alpha value is -3.20. The van der Waals surface area contributed by atoms with Crippen LogP contribution in [0, 0.1) is 0 Å². The second-order valence-electron chi connectivity index (χ2n) is 16.3. The number of sulfone groups is 2. The third-order valence-corrected chi connectivity index (χ3v) is 12.2. The Labute approximate surface area is 386 Å². The van der Waals surface area contributed by atoms with Crippen molar-refractivity contribution in [2.75, 3.05) is 50.7 Å². The summed E-state index contributed by atoms with van der Waals surface area (Å²) in [7, 11) is -5.20. The molecule has 6 unspecified atom stereocenters. The van der Waals surface area contributed by atoms with E-state index in [1.54, 1.807) is 6.92 Å². The standard InChI is InChI=1S/C22H40N4O6S.C21H38N4O6S/c1-5-10-17(26-21(29)18(23-6-2)14-33(4,31)32)20(28)22(30)24-13-19(27)25-15(3)16-11-8-7-9-12-16;1-5-9-16(25-20(28)17(22-3)13-32(4,30)31)19(27)21(29)23-12-18(26)24-14(2)15-10-7-6-8-11-15/h7-9,11-12,15,17-21,23,25-29H,5-6,10,13-14H2,1-4H3,(H,24,30);6-8,10-11,14,16-20,22,24-28H,5,9,12-13H2,1-4H3,(H,23,29)/t15-,17?,18?,19-,20?,21+;14-,16?,17?,18-,19?,20+/m11/s1. The molecule has 0 fully saturated rings. The summed E-state index contributed by atoms with van der Waals surface area (Å²) < 4.78 is 46.4. The molecule has 0 aliphatic heterocycles. The lowest BCUT2D eigenvalue weighted by Crippen LogP contribution is -2.59. The largest absolute Gasteiger partial charge is 0.382 e. The second kappa shape index (κ2) is 31.0. The maximum atomic E-state index is 12.5. The van der Waals surface area contributed by atoms with Crippen LogP contribution in [0.2, 0.25) is 0 Å². The van der Waals surface area contributed by atoms with Crippen molar-refractivity contribution >= 4 is 31.5 Å². The van der Waals surface area contributed by atoms with Gasteiger partial charge in [-0.1, -0.05) is 94.3 Å². The third-order valence-electron chi connectivity index (χ3n) is 10.3. The molecule has 0 bridgehead atoms. The Bertz CT molecular complexity index is 1840. The number of amides is 2. The van der Waals surface area contributed by atoms with Gasteiger partial charge in [0.15, 0.2) is 0 Å². The average molecular weight is 963 g/mol. The van der Waals surface area contributed by atoms with E-state index in [1.165, 1.54) is 7.05 Å². The summed E-state index contributed by atoms with van der Waals surface area (Å²) in [5.74, 6) is -2.02. The number of rotatable bonds is 31. The van der Waals surface area contributed by atoms with Gasteiger partial charge in [-0.3, -0.25) is 30.9 Å². The Morgan fingerprint density at radius 3 is 1.23 bits per heavy atom. The first kappa shape index (κ1) is 59.8. The van der Waals surface area contributed by atoms with Crippen LogP contribution in [0.4, 0.5) is 0 Å². The molecular weight excluding hydrogens is 885 g/mol. The van der Waals surface area contributed by atoms with Gasteiger partial charge < -0.3 is 51.9 Å². The Balaban J connectivity index is 0.000000650. The maximum Gasteiger partial charge on any atom is 0.250 e. The first-order valence-corrected chi connectivity index (χ1v) is 26.1. The van der Waals surface area contributed by atoms with E-state index < -0.39 is 92.8 Å². The van der Waals surface area contributed by atoms with Gasteiger partial charge in [0.05, 0.1) is 36.7 Å². The number of hydrogen-bond donors (Lipinski definition) is 14. The van der Waals surface area contributed by atoms with Crippen molar-refractivity contribution in [3.05, 3.63) is 71.8 Å². The van der Waals surface area contributed by atoms with Crippen LogP contribution >= 0.6 is 0 Å². The van der Waals surface area contributed by atoms with Crippen LogP contribution in [0.3, 0.4) is 0 Å². The lowest BCUT2D eigenvalue weighted by atomic mass is 10.0. The minimum absolute atomic E-state index is 0.122. The van der Waals surface area contributed by atoms with E-state index in [9.17, 15) is 57.1 Å². The summed E-state index contributed by atoms with van der Waals surface area (Å²) >= 11 is 0. The highest BCUT2D eigenvalue weighted by atomic mass is 32.2. The summed E-state index contributed by atoms with van der Waals surface area (Å²) in [6.45, 7) is 9.46. The first-order valence-electron chi connectivity index (χ1n) is 22.0. The minimum atomic E-state index is -3.36. The molecule has 0 radical (unpaired) electrons. The van der Waals surface area contributed by atoms with E-state index in [4.69, 9.17) is 0 Å². The van der Waals surface area contributed by atoms with Gasteiger partial charge >= 0.3 is 0 Å². The Morgan fingerprint density at radius 1 is 0.554 bits per heavy atom. The number of aliphatic hydroxyl groups excluding tert-OH is 6. The predicted octanol–water partition coefficient (Wildman–Crippen LogP) is -1.93. The monoisotopic (exact) mass is 963 g/mol. The number of carbonyl (C=O) groups is 2. The number of hydrogen-bond acceptors (Lipinski definition) is 18. The molecule has 2 aromatic carbocycles. The van der Waals surface area contributed by atoms with Crippen LogP contribution in [0.1, 0.15) is 83.5 Å². The van der Waals surface area contributed by atoms with Gasteiger partial charge in [-0.05, 0) is 51.4 Å². The van der Waals surface area contributed by atoms with Crippen LogP contribution in [0.25, 0.3) is 0 Å². The van der Waals surface area contributed by atoms with E-state index in [1.807, 2.05) is 88.4 Å². The zero-order valence-electron chi connectivity index (χ0n) is 39.0. The SMILES string of the molecule is CCCC(N[C@@H](O)C(CS(C)(=O)=O)NC)C(O)C(=O)NC[C@@H](O)N[C@H](C)c1ccccc1.CCCC(N[C@@H](O)C(CS(C)(=O)=O)NCC)C(O)C(=O)NC[C@@H](O)N[C@H](C)c1ccccc1. The van der Waals surface area contributed by atoms with Gasteiger partial charge in [0.1, 0.15) is 56.8 Å². The van der Waals surface area contributed by atoms with Crippen LogP contribution < -0.4 is 42.5 Å². The lowest BCUT2D eigenvalue weighted by Gasteiger charge is -2.30. The zero-order chi connectivity index (χ0) is 49.3. The van der Waals surface area contributed by atoms with Crippen LogP contribution in [-0.2, 0) is 29.3 Å². The highest BCUT2D eigenvalue weighted by Crippen LogP contribution is 2.13. The molecule has 0 saturated heterocycles. The molecule has 22 heteroatoms. The molecule has 0 aliphatic carbocycles. The van der Waals surface area contributed by atoms with Crippen molar-refractivity contribution < 1.29 is 57.1 Å². The molecule has 2 amide bonds. The molecular formula is C43H78N8O12S2. The maximum absolute atomic E-state index is 12.5. The molecule has 2 aromatic rings. The fourth-order valence-electron chi connectivity index (χ4n) is 6.81. The van der Waals surface area contributed by atoms with Crippen LogP contribution in [-0.4, -0.2) is 171 Å². The minimum Gasteiger partial charge on any atom is -0.382 e. The highest BCUT2D eigenvalue weighted by molar-refractivity contribution is 7.90. The smallest absolute Gasteiger partial charge is 0.250 e. The van der Waals surface area contributed by atoms with Crippen molar-refractivity contribution in [3.8, 4) is 0 Å². The van der Waals surface area contributed by atoms with Gasteiger partial charge in [0.2, 0.25) is 0 Å². The van der Waals surface area contributed by atoms with Crippen molar-refractivity contribution in [1.29, 1.82) is 0 Å². The van der Waals surface area contributed by atoms with E-state index >= 15 is 0 Å². The van der Waals surface area contributed by atoms with Crippen LogP contribution in [0.5, 0.6) is 0 Å². The quantitative estimate of drug-likeness (QED) is 0.0366. The van der Waals surface area contributed by atoms with Crippen LogP contribution in [0.15, 0.2) is 60.7 Å². The van der Waals surface area contributed by atoms with Gasteiger partial charge in [-0.15, -0.1) is 0 Å². The third kappa shape index (κ3) is 24.9. The van der Waals surface area contributed by atoms with E-state index in [2.05, 4.69) is 42.5 Å². The average Bonchev–Trinajstić information content (AvgIpc) is 3.25. The molecule has 0 aromatic heterocycles. The molecule has 14 N–H and O–H groups in total. The summed E-state index contributed by atoms with van der Waals surface area (Å²) in [6.07, 6.45) is -3.55. The molecule has 20 nitrogen and oxygen atoms in total. The Morgan fingerprint density at radius 2 is 0.908 bits per heavy atom. The lowest BCUT2D eigenvalue weighted by molar-refractivity contribution is -0.132. The number of aliphatic hydroxyl groups is 6. The van der Waals surface area contributed by atoms with Gasteiger partial charge in [0, 0.05) is 36.7 Å². The van der Waals surface area contributed by atoms with Crippen molar-refractivity contribution in [2.45, 2.75) is 134 Å². The fourth-order valence-corrected chi connectivity index (χ4v) is 8.76. The summed E-state index contributed by atoms with van der Waals surface area (Å²) in [5.41, 5.74) is 1.96. The zero-order valence-corrected chi connectivity index (χ0v) is 40.6. The summed E-state index contributed by atoms with van der Waals surface area (Å²) in [6, 6.07) is 15.5. The fraction of sp³-hybridized carbons (Fsp3) is 0.674. The number of nitrogens with one attached hydrogen (secondary N) is 8. The number of benzene rings is 2. The molecule has 0 saturated carbocycles. The molecule has 0 heterocycles. The van der Waals surface area contributed by atoms with Gasteiger partial charge in [-0.25, -0.2) is 16.8 Å². The summed E-state index contributed by atoms with van der Waals surface area (Å²) in [4.78, 5) is 24.9. The van der Waals surface area contributed by atoms with Gasteiger partial charge in [-0.2, -0.15) is 0 Å². The van der Waals surface area contributed by atoms with E-state index in [0.717, 1.165) is 23.6 Å².